The first-order valence-electron chi connectivity index (χ1n) is 9.70. The fourth-order valence-corrected chi connectivity index (χ4v) is 4.40. The van der Waals surface area contributed by atoms with Gasteiger partial charge in [0.25, 0.3) is 0 Å². The van der Waals surface area contributed by atoms with Gasteiger partial charge < -0.3 is 9.64 Å². The fourth-order valence-electron chi connectivity index (χ4n) is 4.04. The lowest BCUT2D eigenvalue weighted by atomic mass is 9.95. The molecule has 0 aliphatic carbocycles. The molecule has 2 aliphatic heterocycles. The van der Waals surface area contributed by atoms with E-state index in [9.17, 15) is 4.79 Å². The molecule has 1 aromatic rings. The van der Waals surface area contributed by atoms with Gasteiger partial charge in [-0.15, -0.1) is 0 Å². The van der Waals surface area contributed by atoms with Gasteiger partial charge in [-0.1, -0.05) is 23.2 Å². The number of rotatable bonds is 4. The summed E-state index contributed by atoms with van der Waals surface area (Å²) < 4.78 is 5.81. The summed E-state index contributed by atoms with van der Waals surface area (Å²) in [6.45, 7) is 9.03. The lowest BCUT2D eigenvalue weighted by Crippen LogP contribution is -2.48. The summed E-state index contributed by atoms with van der Waals surface area (Å²) in [6, 6.07) is 5.25. The van der Waals surface area contributed by atoms with Gasteiger partial charge in [0.05, 0.1) is 12.2 Å². The molecule has 0 bridgehead atoms. The van der Waals surface area contributed by atoms with Crippen molar-refractivity contribution in [3.8, 4) is 0 Å². The van der Waals surface area contributed by atoms with Crippen LogP contribution < -0.4 is 0 Å². The molecule has 1 amide bonds. The van der Waals surface area contributed by atoms with Gasteiger partial charge in [0.15, 0.2) is 0 Å². The Balaban J connectivity index is 1.48. The van der Waals surface area contributed by atoms with Crippen LogP contribution in [0.1, 0.15) is 32.3 Å². The van der Waals surface area contributed by atoms with E-state index in [-0.39, 0.29) is 5.91 Å². The molecule has 4 nitrogen and oxygen atoms in total. The number of ether oxygens (including phenoxy) is 1. The van der Waals surface area contributed by atoms with E-state index in [1.54, 1.807) is 30.4 Å². The number of hydrogen-bond acceptors (Lipinski definition) is 3. The summed E-state index contributed by atoms with van der Waals surface area (Å²) in [7, 11) is 0. The third kappa shape index (κ3) is 5.95. The van der Waals surface area contributed by atoms with Crippen LogP contribution in [0.4, 0.5) is 0 Å². The molecule has 2 saturated heterocycles. The van der Waals surface area contributed by atoms with Crippen LogP contribution in [0.3, 0.4) is 0 Å². The minimum absolute atomic E-state index is 0.0399. The van der Waals surface area contributed by atoms with Crippen LogP contribution in [0.2, 0.25) is 10.0 Å². The van der Waals surface area contributed by atoms with E-state index in [1.807, 2.05) is 4.90 Å². The molecule has 148 valence electrons. The highest BCUT2D eigenvalue weighted by molar-refractivity contribution is 6.34. The second kappa shape index (κ2) is 9.42. The van der Waals surface area contributed by atoms with E-state index in [0.717, 1.165) is 51.1 Å². The molecule has 2 aliphatic rings. The van der Waals surface area contributed by atoms with Gasteiger partial charge in [-0.2, -0.15) is 0 Å². The Morgan fingerprint density at radius 1 is 1.19 bits per heavy atom. The van der Waals surface area contributed by atoms with Crippen LogP contribution in [0, 0.1) is 5.92 Å². The average molecular weight is 411 g/mol. The average Bonchev–Trinajstić information content (AvgIpc) is 2.62. The molecule has 27 heavy (non-hydrogen) atoms. The summed E-state index contributed by atoms with van der Waals surface area (Å²) in [5, 5.41) is 1.20. The van der Waals surface area contributed by atoms with Crippen LogP contribution >= 0.6 is 23.2 Å². The van der Waals surface area contributed by atoms with Crippen molar-refractivity contribution in [1.29, 1.82) is 0 Å². The number of benzene rings is 1. The highest BCUT2D eigenvalue weighted by atomic mass is 35.5. The Morgan fingerprint density at radius 3 is 2.52 bits per heavy atom. The molecule has 3 rings (SSSR count). The summed E-state index contributed by atoms with van der Waals surface area (Å²) in [5.41, 5.74) is 0.767. The maximum atomic E-state index is 12.5. The van der Waals surface area contributed by atoms with E-state index in [0.29, 0.717) is 28.2 Å². The van der Waals surface area contributed by atoms with Crippen LogP contribution in [-0.4, -0.2) is 60.6 Å². The van der Waals surface area contributed by atoms with Gasteiger partial charge in [0.1, 0.15) is 0 Å². The van der Waals surface area contributed by atoms with Crippen LogP contribution in [-0.2, 0) is 9.53 Å². The monoisotopic (exact) mass is 410 g/mol. The fraction of sp³-hybridized carbons (Fsp3) is 0.571. The molecule has 2 fully saturated rings. The summed E-state index contributed by atoms with van der Waals surface area (Å²) in [5.74, 6) is 0.691. The van der Waals surface area contributed by atoms with E-state index in [4.69, 9.17) is 27.9 Å². The van der Waals surface area contributed by atoms with Gasteiger partial charge in [0, 0.05) is 48.8 Å². The van der Waals surface area contributed by atoms with E-state index < -0.39 is 0 Å². The Morgan fingerprint density at radius 2 is 1.85 bits per heavy atom. The van der Waals surface area contributed by atoms with Gasteiger partial charge >= 0.3 is 0 Å². The number of halogens is 2. The number of nitrogens with zero attached hydrogens (tertiary/aromatic N) is 2. The van der Waals surface area contributed by atoms with Crippen molar-refractivity contribution in [3.63, 3.8) is 0 Å². The second-order valence-electron chi connectivity index (χ2n) is 7.74. The maximum absolute atomic E-state index is 12.5. The summed E-state index contributed by atoms with van der Waals surface area (Å²) >= 11 is 12.1. The van der Waals surface area contributed by atoms with Crippen molar-refractivity contribution in [3.05, 3.63) is 39.9 Å². The smallest absolute Gasteiger partial charge is 0.246 e. The van der Waals surface area contributed by atoms with E-state index in [1.165, 1.54) is 0 Å². The first-order chi connectivity index (χ1) is 12.9. The molecule has 0 radical (unpaired) electrons. The number of carbonyl (C=O) groups excluding carboxylic acids is 1. The molecule has 0 spiro atoms. The Bertz CT molecular complexity index is 677. The van der Waals surface area contributed by atoms with Gasteiger partial charge in [-0.05, 0) is 62.4 Å². The zero-order valence-electron chi connectivity index (χ0n) is 16.0. The van der Waals surface area contributed by atoms with Crippen molar-refractivity contribution < 1.29 is 9.53 Å². The van der Waals surface area contributed by atoms with Crippen LogP contribution in [0.15, 0.2) is 24.3 Å². The standard InChI is InChI=1S/C21H28Cl2N2O2/c1-15-12-24(13-16(2)27-15)14-17-7-9-25(10-8-17)21(26)6-3-18-11-19(22)4-5-20(18)23/h3-6,11,15-17H,7-10,12-14H2,1-2H3/b6-3+. The number of likely N-dealkylation sites (tertiary alicyclic amines) is 1. The zero-order valence-corrected chi connectivity index (χ0v) is 17.5. The maximum Gasteiger partial charge on any atom is 0.246 e. The molecular weight excluding hydrogens is 383 g/mol. The molecule has 0 aromatic heterocycles. The van der Waals surface area contributed by atoms with E-state index >= 15 is 0 Å². The van der Waals surface area contributed by atoms with Crippen molar-refractivity contribution in [1.82, 2.24) is 9.80 Å². The zero-order chi connectivity index (χ0) is 19.4. The number of morpholine rings is 1. The normalized spacial score (nSPS) is 25.3. The lowest BCUT2D eigenvalue weighted by molar-refractivity contribution is -0.127. The highest BCUT2D eigenvalue weighted by Crippen LogP contribution is 2.23. The van der Waals surface area contributed by atoms with Crippen molar-refractivity contribution in [2.24, 2.45) is 5.92 Å². The Kier molecular flexibility index (Phi) is 7.21. The predicted molar refractivity (Wildman–Crippen MR) is 111 cm³/mol. The molecule has 2 unspecified atom stereocenters. The third-order valence-corrected chi connectivity index (χ3v) is 5.88. The molecule has 1 aromatic carbocycles. The molecular formula is C21H28Cl2N2O2. The Hall–Kier alpha value is -1.07. The first kappa shape index (κ1) is 20.7. The van der Waals surface area contributed by atoms with E-state index in [2.05, 4.69) is 18.7 Å². The molecule has 2 heterocycles. The van der Waals surface area contributed by atoms with Gasteiger partial charge in [-0.25, -0.2) is 0 Å². The quantitative estimate of drug-likeness (QED) is 0.691. The van der Waals surface area contributed by atoms with Crippen LogP contribution in [0.5, 0.6) is 0 Å². The Labute approximate surface area is 172 Å². The van der Waals surface area contributed by atoms with Gasteiger partial charge in [-0.3, -0.25) is 9.69 Å². The SMILES string of the molecule is CC1CN(CC2CCN(C(=O)/C=C/c3cc(Cl)ccc3Cl)CC2)CC(C)O1. The first-order valence-corrected chi connectivity index (χ1v) is 10.5. The minimum atomic E-state index is 0.0399. The number of hydrogen-bond donors (Lipinski definition) is 0. The second-order valence-corrected chi connectivity index (χ2v) is 8.59. The largest absolute Gasteiger partial charge is 0.373 e. The number of amides is 1. The highest BCUT2D eigenvalue weighted by Gasteiger charge is 2.27. The van der Waals surface area contributed by atoms with Crippen molar-refractivity contribution >= 4 is 35.2 Å². The molecule has 2 atom stereocenters. The molecule has 6 heteroatoms. The molecule has 0 N–H and O–H groups in total. The summed E-state index contributed by atoms with van der Waals surface area (Å²) in [6.07, 6.45) is 6.06. The van der Waals surface area contributed by atoms with Crippen molar-refractivity contribution in [2.45, 2.75) is 38.9 Å². The minimum Gasteiger partial charge on any atom is -0.373 e. The summed E-state index contributed by atoms with van der Waals surface area (Å²) in [4.78, 5) is 16.9. The predicted octanol–water partition coefficient (Wildman–Crippen LogP) is 4.35. The topological polar surface area (TPSA) is 32.8 Å². The third-order valence-electron chi connectivity index (χ3n) is 5.30. The lowest BCUT2D eigenvalue weighted by Gasteiger charge is -2.39. The van der Waals surface area contributed by atoms with Crippen molar-refractivity contribution in [2.75, 3.05) is 32.7 Å². The molecule has 0 saturated carbocycles. The van der Waals surface area contributed by atoms with Crippen LogP contribution in [0.25, 0.3) is 6.08 Å². The number of piperidine rings is 1. The number of carbonyl (C=O) groups is 1. The van der Waals surface area contributed by atoms with Gasteiger partial charge in [0.2, 0.25) is 5.91 Å².